The molecule has 18 heavy (non-hydrogen) atoms. The number of carbonyl (C=O) groups is 1. The standard InChI is InChI=1S/C13H20N4O/c18-13(16-11-3-4-11)2-1-5-17-9-15-8-12(17)10-6-14-7-10/h8-11,14H,1-7H2,(H,16,18). The van der Waals surface area contributed by atoms with Crippen LogP contribution in [0.15, 0.2) is 12.5 Å². The van der Waals surface area contributed by atoms with E-state index >= 15 is 0 Å². The highest BCUT2D eigenvalue weighted by atomic mass is 16.1. The summed E-state index contributed by atoms with van der Waals surface area (Å²) < 4.78 is 2.19. The highest BCUT2D eigenvalue weighted by Crippen LogP contribution is 2.20. The number of nitrogens with one attached hydrogen (secondary N) is 2. The zero-order chi connectivity index (χ0) is 12.4. The van der Waals surface area contributed by atoms with Crippen molar-refractivity contribution in [3.63, 3.8) is 0 Å². The third kappa shape index (κ3) is 2.72. The van der Waals surface area contributed by atoms with Crippen molar-refractivity contribution in [3.8, 4) is 0 Å². The highest BCUT2D eigenvalue weighted by Gasteiger charge is 2.23. The van der Waals surface area contributed by atoms with Crippen molar-refractivity contribution >= 4 is 5.91 Å². The van der Waals surface area contributed by atoms with E-state index in [0.29, 0.717) is 18.4 Å². The van der Waals surface area contributed by atoms with Gasteiger partial charge in [-0.05, 0) is 19.3 Å². The number of amides is 1. The molecule has 1 aromatic rings. The maximum Gasteiger partial charge on any atom is 0.220 e. The lowest BCUT2D eigenvalue weighted by atomic mass is 10.00. The Balaban J connectivity index is 1.44. The second-order valence-electron chi connectivity index (χ2n) is 5.31. The van der Waals surface area contributed by atoms with Crippen molar-refractivity contribution in [2.24, 2.45) is 0 Å². The minimum absolute atomic E-state index is 0.199. The molecule has 0 spiro atoms. The van der Waals surface area contributed by atoms with E-state index in [1.165, 1.54) is 5.69 Å². The van der Waals surface area contributed by atoms with E-state index in [2.05, 4.69) is 20.2 Å². The summed E-state index contributed by atoms with van der Waals surface area (Å²) in [6, 6.07) is 0.474. The first kappa shape index (κ1) is 11.7. The first-order valence-corrected chi connectivity index (χ1v) is 6.83. The van der Waals surface area contributed by atoms with Gasteiger partial charge in [-0.25, -0.2) is 4.98 Å². The van der Waals surface area contributed by atoms with Crippen molar-refractivity contribution in [2.45, 2.75) is 44.2 Å². The SMILES string of the molecule is O=C(CCCn1cncc1C1CNC1)NC1CC1. The van der Waals surface area contributed by atoms with Crippen LogP contribution in [-0.2, 0) is 11.3 Å². The zero-order valence-electron chi connectivity index (χ0n) is 10.6. The molecule has 1 aliphatic carbocycles. The summed E-state index contributed by atoms with van der Waals surface area (Å²) >= 11 is 0. The average molecular weight is 248 g/mol. The van der Waals surface area contributed by atoms with Gasteiger partial charge < -0.3 is 15.2 Å². The number of nitrogens with zero attached hydrogens (tertiary/aromatic N) is 2. The van der Waals surface area contributed by atoms with Crippen molar-refractivity contribution in [3.05, 3.63) is 18.2 Å². The van der Waals surface area contributed by atoms with E-state index in [4.69, 9.17) is 0 Å². The van der Waals surface area contributed by atoms with Crippen LogP contribution in [0, 0.1) is 0 Å². The van der Waals surface area contributed by atoms with Crippen molar-refractivity contribution < 1.29 is 4.79 Å². The van der Waals surface area contributed by atoms with Crippen LogP contribution in [0.2, 0.25) is 0 Å². The van der Waals surface area contributed by atoms with E-state index in [-0.39, 0.29) is 5.91 Å². The van der Waals surface area contributed by atoms with Gasteiger partial charge in [0.25, 0.3) is 0 Å². The molecule has 1 saturated heterocycles. The third-order valence-corrected chi connectivity index (χ3v) is 3.69. The molecule has 1 aromatic heterocycles. The van der Waals surface area contributed by atoms with Gasteiger partial charge in [-0.15, -0.1) is 0 Å². The molecule has 1 saturated carbocycles. The fourth-order valence-corrected chi connectivity index (χ4v) is 2.29. The Labute approximate surface area is 107 Å². The number of carbonyl (C=O) groups excluding carboxylic acids is 1. The van der Waals surface area contributed by atoms with E-state index in [1.807, 2.05) is 12.5 Å². The molecule has 2 aliphatic rings. The Morgan fingerprint density at radius 2 is 2.33 bits per heavy atom. The van der Waals surface area contributed by atoms with Gasteiger partial charge in [0.05, 0.1) is 6.33 Å². The minimum Gasteiger partial charge on any atom is -0.353 e. The van der Waals surface area contributed by atoms with Crippen LogP contribution < -0.4 is 10.6 Å². The largest absolute Gasteiger partial charge is 0.353 e. The lowest BCUT2D eigenvalue weighted by molar-refractivity contribution is -0.121. The Morgan fingerprint density at radius 3 is 3.00 bits per heavy atom. The van der Waals surface area contributed by atoms with E-state index in [9.17, 15) is 4.79 Å². The maximum absolute atomic E-state index is 11.6. The Morgan fingerprint density at radius 1 is 1.50 bits per heavy atom. The zero-order valence-corrected chi connectivity index (χ0v) is 10.6. The van der Waals surface area contributed by atoms with Crippen LogP contribution in [0.25, 0.3) is 0 Å². The summed E-state index contributed by atoms with van der Waals surface area (Å²) in [4.78, 5) is 15.8. The van der Waals surface area contributed by atoms with Crippen LogP contribution in [0.5, 0.6) is 0 Å². The summed E-state index contributed by atoms with van der Waals surface area (Å²) in [5.74, 6) is 0.803. The number of hydrogen-bond acceptors (Lipinski definition) is 3. The van der Waals surface area contributed by atoms with E-state index < -0.39 is 0 Å². The lowest BCUT2D eigenvalue weighted by Crippen LogP contribution is -2.40. The average Bonchev–Trinajstić information content (AvgIpc) is 2.97. The van der Waals surface area contributed by atoms with Gasteiger partial charge in [0.2, 0.25) is 5.91 Å². The Kier molecular flexibility index (Phi) is 3.32. The normalized spacial score (nSPS) is 19.6. The topological polar surface area (TPSA) is 59.0 Å². The smallest absolute Gasteiger partial charge is 0.220 e. The van der Waals surface area contributed by atoms with Crippen molar-refractivity contribution in [2.75, 3.05) is 13.1 Å². The monoisotopic (exact) mass is 248 g/mol. The summed E-state index contributed by atoms with van der Waals surface area (Å²) in [6.45, 7) is 2.99. The molecule has 3 rings (SSSR count). The highest BCUT2D eigenvalue weighted by molar-refractivity contribution is 5.76. The molecule has 98 valence electrons. The van der Waals surface area contributed by atoms with Crippen molar-refractivity contribution in [1.82, 2.24) is 20.2 Å². The lowest BCUT2D eigenvalue weighted by Gasteiger charge is -2.27. The van der Waals surface area contributed by atoms with Gasteiger partial charge in [-0.1, -0.05) is 0 Å². The molecule has 5 heteroatoms. The molecule has 5 nitrogen and oxygen atoms in total. The van der Waals surface area contributed by atoms with Gasteiger partial charge in [0.15, 0.2) is 0 Å². The molecular formula is C13H20N4O. The fourth-order valence-electron chi connectivity index (χ4n) is 2.29. The minimum atomic E-state index is 0.199. The molecule has 1 amide bonds. The number of imidazole rings is 1. The van der Waals surface area contributed by atoms with Crippen LogP contribution in [0.1, 0.15) is 37.3 Å². The molecule has 0 aromatic carbocycles. The summed E-state index contributed by atoms with van der Waals surface area (Å²) in [5.41, 5.74) is 1.30. The van der Waals surface area contributed by atoms with Crippen LogP contribution in [0.4, 0.5) is 0 Å². The second kappa shape index (κ2) is 5.10. The van der Waals surface area contributed by atoms with Gasteiger partial charge in [0, 0.05) is 49.9 Å². The molecule has 2 fully saturated rings. The Bertz CT molecular complexity index is 420. The predicted molar refractivity (Wildman–Crippen MR) is 68.2 cm³/mol. The molecule has 0 bridgehead atoms. The quantitative estimate of drug-likeness (QED) is 0.776. The molecule has 0 unspecified atom stereocenters. The van der Waals surface area contributed by atoms with Crippen LogP contribution >= 0.6 is 0 Å². The third-order valence-electron chi connectivity index (χ3n) is 3.69. The fraction of sp³-hybridized carbons (Fsp3) is 0.692. The van der Waals surface area contributed by atoms with Crippen LogP contribution in [-0.4, -0.2) is 34.6 Å². The van der Waals surface area contributed by atoms with Gasteiger partial charge in [0.1, 0.15) is 0 Å². The van der Waals surface area contributed by atoms with Crippen LogP contribution in [0.3, 0.4) is 0 Å². The first-order valence-electron chi connectivity index (χ1n) is 6.83. The number of aryl methyl sites for hydroxylation is 1. The van der Waals surface area contributed by atoms with E-state index in [0.717, 1.165) is 38.9 Å². The molecule has 1 aliphatic heterocycles. The second-order valence-corrected chi connectivity index (χ2v) is 5.31. The van der Waals surface area contributed by atoms with Crippen molar-refractivity contribution in [1.29, 1.82) is 0 Å². The van der Waals surface area contributed by atoms with Gasteiger partial charge in [-0.3, -0.25) is 4.79 Å². The summed E-state index contributed by atoms with van der Waals surface area (Å²) in [6.07, 6.45) is 7.67. The summed E-state index contributed by atoms with van der Waals surface area (Å²) in [5, 5.41) is 6.29. The predicted octanol–water partition coefficient (Wildman–Crippen LogP) is 0.629. The molecule has 0 radical (unpaired) electrons. The number of aromatic nitrogens is 2. The molecule has 2 heterocycles. The molecule has 2 N–H and O–H groups in total. The number of hydrogen-bond donors (Lipinski definition) is 2. The first-order chi connectivity index (χ1) is 8.83. The molecule has 0 atom stereocenters. The summed E-state index contributed by atoms with van der Waals surface area (Å²) in [7, 11) is 0. The molecular weight excluding hydrogens is 228 g/mol. The van der Waals surface area contributed by atoms with E-state index in [1.54, 1.807) is 0 Å². The maximum atomic E-state index is 11.6. The Hall–Kier alpha value is -1.36. The number of rotatable bonds is 6. The van der Waals surface area contributed by atoms with Gasteiger partial charge in [-0.2, -0.15) is 0 Å². The van der Waals surface area contributed by atoms with Gasteiger partial charge >= 0.3 is 0 Å².